The van der Waals surface area contributed by atoms with Gasteiger partial charge >= 0.3 is 0 Å². The van der Waals surface area contributed by atoms with Crippen molar-refractivity contribution in [3.05, 3.63) is 48.4 Å². The SMILES string of the molecule is CCN(CC)C(CNC(=O)CSc1nnc2sc3ccccc3n12)c1ccco1. The van der Waals surface area contributed by atoms with Crippen LogP contribution < -0.4 is 5.32 Å². The molecular formula is C20H23N5O2S2. The highest BCUT2D eigenvalue weighted by Gasteiger charge is 2.21. The van der Waals surface area contributed by atoms with Gasteiger partial charge in [0, 0.05) is 6.54 Å². The Morgan fingerprint density at radius 1 is 1.24 bits per heavy atom. The third kappa shape index (κ3) is 4.17. The van der Waals surface area contributed by atoms with Gasteiger partial charge < -0.3 is 9.73 Å². The van der Waals surface area contributed by atoms with Gasteiger partial charge in [-0.3, -0.25) is 14.1 Å². The third-order valence-corrected chi connectivity index (χ3v) is 6.80. The molecule has 0 radical (unpaired) electrons. The lowest BCUT2D eigenvalue weighted by Crippen LogP contribution is -2.38. The number of hydrogen-bond acceptors (Lipinski definition) is 7. The molecule has 29 heavy (non-hydrogen) atoms. The molecule has 4 aromatic rings. The van der Waals surface area contributed by atoms with E-state index >= 15 is 0 Å². The van der Waals surface area contributed by atoms with E-state index in [4.69, 9.17) is 4.42 Å². The fourth-order valence-corrected chi connectivity index (χ4v) is 5.19. The minimum atomic E-state index is -0.0324. The number of aromatic nitrogens is 3. The highest BCUT2D eigenvalue weighted by atomic mass is 32.2. The fourth-order valence-electron chi connectivity index (χ4n) is 3.40. The van der Waals surface area contributed by atoms with Gasteiger partial charge in [-0.25, -0.2) is 0 Å². The Hall–Kier alpha value is -2.36. The molecule has 9 heteroatoms. The van der Waals surface area contributed by atoms with Crippen molar-refractivity contribution >= 4 is 44.2 Å². The molecule has 0 aliphatic rings. The molecule has 0 bridgehead atoms. The number of carbonyl (C=O) groups excluding carboxylic acids is 1. The van der Waals surface area contributed by atoms with Gasteiger partial charge in [0.25, 0.3) is 0 Å². The Morgan fingerprint density at radius 2 is 2.07 bits per heavy atom. The Balaban J connectivity index is 1.40. The minimum Gasteiger partial charge on any atom is -0.468 e. The zero-order chi connectivity index (χ0) is 20.2. The summed E-state index contributed by atoms with van der Waals surface area (Å²) in [4.78, 5) is 15.6. The minimum absolute atomic E-state index is 0.0227. The molecule has 152 valence electrons. The molecule has 1 N–H and O–H groups in total. The molecular weight excluding hydrogens is 406 g/mol. The van der Waals surface area contributed by atoms with Crippen molar-refractivity contribution in [2.75, 3.05) is 25.4 Å². The number of fused-ring (bicyclic) bond motifs is 3. The summed E-state index contributed by atoms with van der Waals surface area (Å²) in [5.41, 5.74) is 1.07. The predicted molar refractivity (Wildman–Crippen MR) is 116 cm³/mol. The van der Waals surface area contributed by atoms with Crippen molar-refractivity contribution in [3.63, 3.8) is 0 Å². The van der Waals surface area contributed by atoms with Crippen LogP contribution in [0.15, 0.2) is 52.2 Å². The number of amides is 1. The second kappa shape index (κ2) is 8.98. The lowest BCUT2D eigenvalue weighted by atomic mass is 10.2. The largest absolute Gasteiger partial charge is 0.468 e. The van der Waals surface area contributed by atoms with Crippen LogP contribution in [0.4, 0.5) is 0 Å². The molecule has 3 heterocycles. The van der Waals surface area contributed by atoms with E-state index in [1.165, 1.54) is 11.8 Å². The standard InChI is InChI=1S/C20H23N5O2S2/c1-3-24(4-2)15(16-9-7-11-27-16)12-21-18(26)13-28-19-22-23-20-25(19)14-8-5-6-10-17(14)29-20/h5-11,15H,3-4,12-13H2,1-2H3,(H,21,26). The van der Waals surface area contributed by atoms with Crippen molar-refractivity contribution in [2.45, 2.75) is 25.0 Å². The summed E-state index contributed by atoms with van der Waals surface area (Å²) >= 11 is 3.00. The Morgan fingerprint density at radius 3 is 2.83 bits per heavy atom. The summed E-state index contributed by atoms with van der Waals surface area (Å²) in [5, 5.41) is 12.3. The molecule has 0 saturated heterocycles. The van der Waals surface area contributed by atoms with Gasteiger partial charge in [0.2, 0.25) is 10.9 Å². The number of thiazole rings is 1. The van der Waals surface area contributed by atoms with E-state index in [1.54, 1.807) is 17.6 Å². The summed E-state index contributed by atoms with van der Waals surface area (Å²) in [5.74, 6) is 1.12. The van der Waals surface area contributed by atoms with Crippen molar-refractivity contribution < 1.29 is 9.21 Å². The normalized spacial score (nSPS) is 12.8. The quantitative estimate of drug-likeness (QED) is 0.408. The maximum atomic E-state index is 12.5. The van der Waals surface area contributed by atoms with Crippen LogP contribution in [0.25, 0.3) is 15.2 Å². The van der Waals surface area contributed by atoms with Crippen molar-refractivity contribution in [2.24, 2.45) is 0 Å². The van der Waals surface area contributed by atoms with Gasteiger partial charge in [-0.05, 0) is 37.4 Å². The van der Waals surface area contributed by atoms with Crippen LogP contribution in [0.2, 0.25) is 0 Å². The van der Waals surface area contributed by atoms with Crippen molar-refractivity contribution in [1.29, 1.82) is 0 Å². The highest BCUT2D eigenvalue weighted by Crippen LogP contribution is 2.29. The number of thioether (sulfide) groups is 1. The first-order valence-corrected chi connectivity index (χ1v) is 11.4. The average Bonchev–Trinajstić information content (AvgIpc) is 3.46. The summed E-state index contributed by atoms with van der Waals surface area (Å²) in [6.45, 7) is 6.49. The molecule has 0 aliphatic carbocycles. The van der Waals surface area contributed by atoms with Crippen LogP contribution in [-0.4, -0.2) is 50.8 Å². The van der Waals surface area contributed by atoms with Gasteiger partial charge in [-0.1, -0.05) is 49.1 Å². The lowest BCUT2D eigenvalue weighted by Gasteiger charge is -2.28. The van der Waals surface area contributed by atoms with Crippen LogP contribution >= 0.6 is 23.1 Å². The summed E-state index contributed by atoms with van der Waals surface area (Å²) in [6.07, 6.45) is 1.67. The van der Waals surface area contributed by atoms with E-state index in [0.29, 0.717) is 6.54 Å². The lowest BCUT2D eigenvalue weighted by molar-refractivity contribution is -0.118. The first-order chi connectivity index (χ1) is 14.2. The van der Waals surface area contributed by atoms with Crippen LogP contribution in [0.3, 0.4) is 0 Å². The third-order valence-electron chi connectivity index (χ3n) is 4.86. The van der Waals surface area contributed by atoms with Gasteiger partial charge in [-0.15, -0.1) is 10.2 Å². The zero-order valence-corrected chi connectivity index (χ0v) is 18.0. The molecule has 3 aromatic heterocycles. The van der Waals surface area contributed by atoms with E-state index in [0.717, 1.165) is 39.2 Å². The Kier molecular flexibility index (Phi) is 6.17. The first kappa shape index (κ1) is 19.9. The fraction of sp³-hybridized carbons (Fsp3) is 0.350. The van der Waals surface area contributed by atoms with Crippen molar-refractivity contribution in [1.82, 2.24) is 24.8 Å². The molecule has 1 atom stereocenters. The van der Waals surface area contributed by atoms with E-state index in [1.807, 2.05) is 34.7 Å². The van der Waals surface area contributed by atoms with E-state index in [9.17, 15) is 4.79 Å². The topological polar surface area (TPSA) is 75.7 Å². The molecule has 4 rings (SSSR count). The summed E-state index contributed by atoms with van der Waals surface area (Å²) in [6, 6.07) is 12.0. The number of rotatable bonds is 9. The number of nitrogens with zero attached hydrogens (tertiary/aromatic N) is 4. The van der Waals surface area contributed by atoms with Gasteiger partial charge in [0.15, 0.2) is 5.16 Å². The maximum Gasteiger partial charge on any atom is 0.230 e. The second-order valence-corrected chi connectivity index (χ2v) is 8.47. The Bertz CT molecular complexity index is 1090. The van der Waals surface area contributed by atoms with Gasteiger partial charge in [0.05, 0.1) is 28.3 Å². The van der Waals surface area contributed by atoms with Crippen molar-refractivity contribution in [3.8, 4) is 0 Å². The number of para-hydroxylation sites is 1. The monoisotopic (exact) mass is 429 g/mol. The molecule has 0 fully saturated rings. The van der Waals surface area contributed by atoms with Crippen LogP contribution in [0.5, 0.6) is 0 Å². The summed E-state index contributed by atoms with van der Waals surface area (Å²) < 4.78 is 8.76. The number of furan rings is 1. The molecule has 0 aliphatic heterocycles. The number of nitrogens with one attached hydrogen (secondary N) is 1. The second-order valence-electron chi connectivity index (χ2n) is 6.52. The van der Waals surface area contributed by atoms with E-state index in [2.05, 4.69) is 40.3 Å². The van der Waals surface area contributed by atoms with Gasteiger partial charge in [-0.2, -0.15) is 0 Å². The average molecular weight is 430 g/mol. The molecule has 0 saturated carbocycles. The zero-order valence-electron chi connectivity index (χ0n) is 16.4. The van der Waals surface area contributed by atoms with Crippen LogP contribution in [-0.2, 0) is 4.79 Å². The predicted octanol–water partition coefficient (Wildman–Crippen LogP) is 3.83. The molecule has 1 amide bonds. The van der Waals surface area contributed by atoms with Crippen LogP contribution in [0, 0.1) is 0 Å². The molecule has 1 aromatic carbocycles. The Labute approximate surface area is 177 Å². The number of likely N-dealkylation sites (N-methyl/N-ethyl adjacent to an activating group) is 1. The smallest absolute Gasteiger partial charge is 0.230 e. The number of carbonyl (C=O) groups is 1. The van der Waals surface area contributed by atoms with E-state index < -0.39 is 0 Å². The first-order valence-electron chi connectivity index (χ1n) is 9.60. The van der Waals surface area contributed by atoms with Crippen LogP contribution in [0.1, 0.15) is 25.6 Å². The van der Waals surface area contributed by atoms with E-state index in [-0.39, 0.29) is 17.7 Å². The highest BCUT2D eigenvalue weighted by molar-refractivity contribution is 7.99. The molecule has 1 unspecified atom stereocenters. The number of hydrogen-bond donors (Lipinski definition) is 1. The maximum absolute atomic E-state index is 12.5. The number of benzene rings is 1. The molecule has 0 spiro atoms. The van der Waals surface area contributed by atoms with Gasteiger partial charge in [0.1, 0.15) is 5.76 Å². The molecule has 7 nitrogen and oxygen atoms in total. The summed E-state index contributed by atoms with van der Waals surface area (Å²) in [7, 11) is 0.